The molecule has 0 radical (unpaired) electrons. The summed E-state index contributed by atoms with van der Waals surface area (Å²) < 4.78 is 5.63. The highest BCUT2D eigenvalue weighted by molar-refractivity contribution is 7.94. The van der Waals surface area contributed by atoms with E-state index >= 15 is 0 Å². The maximum absolute atomic E-state index is 6.39. The average molecular weight is 447 g/mol. The summed E-state index contributed by atoms with van der Waals surface area (Å²) in [5.74, 6) is 1.30. The molecule has 27 heavy (non-hydrogen) atoms. The Labute approximate surface area is 177 Å². The van der Waals surface area contributed by atoms with Crippen LogP contribution in [0.25, 0.3) is 0 Å². The van der Waals surface area contributed by atoms with Crippen molar-refractivity contribution < 1.29 is 14.3 Å². The number of quaternary nitrogens is 1. The summed E-state index contributed by atoms with van der Waals surface area (Å²) >= 11 is 14.0. The number of alkyl halides is 1. The van der Waals surface area contributed by atoms with E-state index in [0.717, 1.165) is 29.3 Å². The van der Waals surface area contributed by atoms with Gasteiger partial charge in [0, 0.05) is 30.9 Å². The smallest absolute Gasteiger partial charge is 0.163 e. The molecule has 2 N–H and O–H groups in total. The van der Waals surface area contributed by atoms with Crippen LogP contribution in [0.4, 0.5) is 0 Å². The lowest BCUT2D eigenvalue weighted by Crippen LogP contribution is -2.81. The fourth-order valence-electron chi connectivity index (χ4n) is 3.26. The minimum absolute atomic E-state index is 0.240. The second-order valence-electron chi connectivity index (χ2n) is 6.11. The zero-order chi connectivity index (χ0) is 19.2. The van der Waals surface area contributed by atoms with E-state index in [1.54, 1.807) is 11.3 Å². The van der Waals surface area contributed by atoms with E-state index < -0.39 is 0 Å². The maximum atomic E-state index is 6.39. The lowest BCUT2D eigenvalue weighted by atomic mass is 10.0. The highest BCUT2D eigenvalue weighted by Crippen LogP contribution is 2.40. The van der Waals surface area contributed by atoms with Gasteiger partial charge in [-0.1, -0.05) is 22.8 Å². The third-order valence-corrected chi connectivity index (χ3v) is 6.20. The van der Waals surface area contributed by atoms with Crippen LogP contribution in [-0.4, -0.2) is 36.4 Å². The lowest BCUT2D eigenvalue weighted by Gasteiger charge is -2.14. The van der Waals surface area contributed by atoms with E-state index in [-0.39, 0.29) is 6.10 Å². The Hall–Kier alpha value is -0.990. The Kier molecular flexibility index (Phi) is 7.66. The molecule has 1 aromatic heterocycles. The largest absolute Gasteiger partial charge is 0.426 e. The highest BCUT2D eigenvalue weighted by Gasteiger charge is 2.31. The van der Waals surface area contributed by atoms with Gasteiger partial charge < -0.3 is 14.3 Å². The zero-order valence-electron chi connectivity index (χ0n) is 15.2. The Morgan fingerprint density at radius 1 is 1.37 bits per heavy atom. The monoisotopic (exact) mass is 446 g/mol. The Morgan fingerprint density at radius 3 is 2.96 bits per heavy atom. The van der Waals surface area contributed by atoms with Gasteiger partial charge in [-0.2, -0.15) is 0 Å². The van der Waals surface area contributed by atoms with Crippen LogP contribution >= 0.6 is 46.6 Å². The lowest BCUT2D eigenvalue weighted by molar-refractivity contribution is -0.636. The number of hydrogen-bond donors (Lipinski definition) is 1. The summed E-state index contributed by atoms with van der Waals surface area (Å²) in [6, 6.07) is 5.62. The second-order valence-corrected chi connectivity index (χ2v) is 7.90. The quantitative estimate of drug-likeness (QED) is 0.551. The van der Waals surface area contributed by atoms with Crippen molar-refractivity contribution in [3.63, 3.8) is 0 Å². The maximum Gasteiger partial charge on any atom is 0.163 e. The van der Waals surface area contributed by atoms with Crippen molar-refractivity contribution in [2.75, 3.05) is 25.7 Å². The number of rotatable bonds is 5. The van der Waals surface area contributed by atoms with Gasteiger partial charge in [0.2, 0.25) is 0 Å². The SMILES string of the molecule is CCl.CSOc1cccc(Cl)c1C1CC(c2csc(C3CC[NH2+]C3)n2)=NO1. The minimum Gasteiger partial charge on any atom is -0.426 e. The van der Waals surface area contributed by atoms with Gasteiger partial charge in [-0.25, -0.2) is 4.98 Å². The fraction of sp³-hybridized carbons (Fsp3) is 0.444. The minimum atomic E-state index is -0.240. The third kappa shape index (κ3) is 4.71. The van der Waals surface area contributed by atoms with Crippen molar-refractivity contribution in [2.45, 2.75) is 24.9 Å². The first-order valence-electron chi connectivity index (χ1n) is 8.63. The zero-order valence-corrected chi connectivity index (χ0v) is 18.3. The van der Waals surface area contributed by atoms with Gasteiger partial charge in [0.25, 0.3) is 0 Å². The molecular formula is C18H22Cl2N3O2S2+. The van der Waals surface area contributed by atoms with E-state index in [1.165, 1.54) is 36.4 Å². The predicted octanol–water partition coefficient (Wildman–Crippen LogP) is 4.22. The molecule has 5 nitrogen and oxygen atoms in total. The van der Waals surface area contributed by atoms with E-state index in [0.29, 0.717) is 17.4 Å². The molecule has 0 saturated carbocycles. The first-order chi connectivity index (χ1) is 13.3. The molecule has 146 valence electrons. The number of nitrogens with zero attached hydrogens (tertiary/aromatic N) is 2. The molecule has 2 aliphatic heterocycles. The Bertz CT molecular complexity index is 795. The molecule has 0 bridgehead atoms. The summed E-state index contributed by atoms with van der Waals surface area (Å²) in [6.45, 7) is 2.32. The molecule has 1 saturated heterocycles. The fourth-order valence-corrected chi connectivity index (χ4v) is 4.85. The van der Waals surface area contributed by atoms with Crippen LogP contribution in [0, 0.1) is 0 Å². The van der Waals surface area contributed by atoms with Crippen LogP contribution in [0.2, 0.25) is 5.02 Å². The van der Waals surface area contributed by atoms with Crippen LogP contribution in [0.5, 0.6) is 5.75 Å². The first-order valence-corrected chi connectivity index (χ1v) is 11.8. The number of thiazole rings is 1. The van der Waals surface area contributed by atoms with Crippen LogP contribution < -0.4 is 9.50 Å². The van der Waals surface area contributed by atoms with Crippen LogP contribution in [0.15, 0.2) is 28.7 Å². The van der Waals surface area contributed by atoms with Crippen molar-refractivity contribution in [3.05, 3.63) is 44.9 Å². The Balaban J connectivity index is 0.00000102. The average Bonchev–Trinajstić information content (AvgIpc) is 3.44. The summed E-state index contributed by atoms with van der Waals surface area (Å²) in [5.41, 5.74) is 2.65. The standard InChI is InChI=1S/C17H18ClN3O2S2.CH3Cl/c1-24-23-14-4-2-3-11(18)16(14)15-7-12(21-22-15)13-9-25-17(20-13)10-5-6-19-8-10;1-2/h2-4,9-10,15,19H,5-8H2,1H3;1H3/p+1. The molecule has 9 heteroatoms. The van der Waals surface area contributed by atoms with Gasteiger partial charge >= 0.3 is 0 Å². The molecule has 1 fully saturated rings. The van der Waals surface area contributed by atoms with Gasteiger partial charge in [0.05, 0.1) is 47.3 Å². The van der Waals surface area contributed by atoms with Crippen molar-refractivity contribution in [3.8, 4) is 5.75 Å². The van der Waals surface area contributed by atoms with Crippen molar-refractivity contribution in [1.29, 1.82) is 0 Å². The van der Waals surface area contributed by atoms with Crippen LogP contribution in [0.3, 0.4) is 0 Å². The van der Waals surface area contributed by atoms with Gasteiger partial charge in [-0.15, -0.1) is 22.9 Å². The molecule has 2 unspecified atom stereocenters. The number of halogens is 2. The van der Waals surface area contributed by atoms with Crippen LogP contribution in [-0.2, 0) is 4.84 Å². The molecule has 0 aliphatic carbocycles. The first kappa shape index (κ1) is 20.7. The van der Waals surface area contributed by atoms with Gasteiger partial charge in [-0.3, -0.25) is 0 Å². The van der Waals surface area contributed by atoms with E-state index in [4.69, 9.17) is 25.6 Å². The summed E-state index contributed by atoms with van der Waals surface area (Å²) in [6.07, 6.45) is 4.96. The van der Waals surface area contributed by atoms with E-state index in [9.17, 15) is 0 Å². The second kappa shape index (κ2) is 9.98. The molecule has 0 spiro atoms. The molecule has 2 aromatic rings. The normalized spacial score (nSPS) is 21.3. The van der Waals surface area contributed by atoms with Crippen molar-refractivity contribution >= 4 is 52.3 Å². The third-order valence-electron chi connectivity index (χ3n) is 4.51. The van der Waals surface area contributed by atoms with Gasteiger partial charge in [0.1, 0.15) is 16.5 Å². The summed E-state index contributed by atoms with van der Waals surface area (Å²) in [4.78, 5) is 10.5. The molecule has 2 atom stereocenters. The Morgan fingerprint density at radius 2 is 2.22 bits per heavy atom. The predicted molar refractivity (Wildman–Crippen MR) is 113 cm³/mol. The van der Waals surface area contributed by atoms with Crippen molar-refractivity contribution in [2.24, 2.45) is 5.16 Å². The number of benzene rings is 1. The molecule has 4 rings (SSSR count). The van der Waals surface area contributed by atoms with Crippen molar-refractivity contribution in [1.82, 2.24) is 4.98 Å². The summed E-state index contributed by atoms with van der Waals surface area (Å²) in [7, 11) is 0. The number of aromatic nitrogens is 1. The summed E-state index contributed by atoms with van der Waals surface area (Å²) in [5, 5.41) is 10.6. The number of oxime groups is 1. The van der Waals surface area contributed by atoms with Gasteiger partial charge in [-0.05, 0) is 12.1 Å². The number of hydrogen-bond acceptors (Lipinski definition) is 6. The molecule has 1 aromatic carbocycles. The molecule has 3 heterocycles. The van der Waals surface area contributed by atoms with Crippen LogP contribution in [0.1, 0.15) is 41.1 Å². The van der Waals surface area contributed by atoms with Gasteiger partial charge in [0.15, 0.2) is 6.10 Å². The number of nitrogens with two attached hydrogens (primary N) is 1. The molecular weight excluding hydrogens is 425 g/mol. The topological polar surface area (TPSA) is 60.3 Å². The molecule has 0 amide bonds. The highest BCUT2D eigenvalue weighted by atomic mass is 35.5. The molecule has 2 aliphatic rings. The van der Waals surface area contributed by atoms with E-state index in [1.807, 2.05) is 24.5 Å². The van der Waals surface area contributed by atoms with E-state index in [2.05, 4.69) is 27.5 Å².